The lowest BCUT2D eigenvalue weighted by Crippen LogP contribution is -2.30. The van der Waals surface area contributed by atoms with Gasteiger partial charge >= 0.3 is 6.61 Å². The predicted molar refractivity (Wildman–Crippen MR) is 108 cm³/mol. The molecule has 1 amide bonds. The van der Waals surface area contributed by atoms with Crippen LogP contribution in [0.25, 0.3) is 11.0 Å². The molecule has 8 heteroatoms. The zero-order valence-electron chi connectivity index (χ0n) is 18.4. The molecule has 0 aliphatic carbocycles. The highest BCUT2D eigenvalue weighted by Gasteiger charge is 2.44. The molecule has 0 unspecified atom stereocenters. The first-order valence-corrected chi connectivity index (χ1v) is 9.72. The lowest BCUT2D eigenvalue weighted by molar-refractivity contribution is -0.0507. The molecule has 2 aliphatic heterocycles. The van der Waals surface area contributed by atoms with Crippen LogP contribution in [0.1, 0.15) is 49.9 Å². The number of hydrogen-bond donors (Lipinski definition) is 0. The van der Waals surface area contributed by atoms with Crippen molar-refractivity contribution < 1.29 is 22.4 Å². The minimum atomic E-state index is -3.11. The van der Waals surface area contributed by atoms with Gasteiger partial charge in [-0.15, -0.1) is 11.6 Å². The molecule has 0 fully saturated rings. The van der Waals surface area contributed by atoms with Crippen LogP contribution in [-0.2, 0) is 0 Å². The number of rotatable bonds is 2. The van der Waals surface area contributed by atoms with E-state index in [-0.39, 0.29) is 29.2 Å². The number of hydrogen-bond acceptors (Lipinski definition) is 3. The fraction of sp³-hybridized carbons (Fsp3) is 0.273. The summed E-state index contributed by atoms with van der Waals surface area (Å²) in [6.07, 6.45) is 0.163. The van der Waals surface area contributed by atoms with Gasteiger partial charge in [0.15, 0.2) is 0 Å². The summed E-state index contributed by atoms with van der Waals surface area (Å²) in [6, 6.07) is 7.99. The molecule has 3 aromatic rings. The maximum atomic E-state index is 13.4. The van der Waals surface area contributed by atoms with Gasteiger partial charge in [0, 0.05) is 34.2 Å². The minimum absolute atomic E-state index is 0.0161. The number of alkyl halides is 3. The maximum Gasteiger partial charge on any atom is 0.387 e. The van der Waals surface area contributed by atoms with Crippen molar-refractivity contribution in [3.8, 4) is 17.6 Å². The van der Waals surface area contributed by atoms with Gasteiger partial charge in [-0.2, -0.15) is 8.78 Å². The third kappa shape index (κ3) is 2.75. The van der Waals surface area contributed by atoms with E-state index in [1.54, 1.807) is 22.8 Å². The second-order valence-electron chi connectivity index (χ2n) is 7.02. The van der Waals surface area contributed by atoms with Crippen molar-refractivity contribution in [2.45, 2.75) is 25.1 Å². The van der Waals surface area contributed by atoms with Gasteiger partial charge < -0.3 is 14.2 Å². The van der Waals surface area contributed by atoms with E-state index in [0.29, 0.717) is 22.4 Å². The van der Waals surface area contributed by atoms with Gasteiger partial charge in [-0.25, -0.2) is 4.98 Å². The van der Waals surface area contributed by atoms with Gasteiger partial charge in [-0.05, 0) is 30.3 Å². The molecule has 0 saturated heterocycles. The number of carbonyl (C=O) groups is 1. The Labute approximate surface area is 180 Å². The zero-order valence-corrected chi connectivity index (χ0v) is 16.2. The molecule has 0 saturated carbocycles. The molecule has 2 aromatic carbocycles. The van der Waals surface area contributed by atoms with Crippen LogP contribution in [0.3, 0.4) is 0 Å². The average molecular weight is 431 g/mol. The normalized spacial score (nSPS) is 21.3. The Hall–Kier alpha value is -3.11. The standard InChI is InChI=1S/C22H16ClF2N3O2/c1-27-17-11-16(19-13(21(27)29)5-2-6-18(19)30-22(24)25)28-15-10-12(4-3-9-23)7-8-14(15)26-20(17)28/h2,5-8,10,16-17,22H,9,11H2,1H3/t16-,17-/m1/s1/i1D3. The molecule has 5 nitrogen and oxygen atoms in total. The highest BCUT2D eigenvalue weighted by molar-refractivity contribution is 6.19. The quantitative estimate of drug-likeness (QED) is 0.448. The fourth-order valence-corrected chi connectivity index (χ4v) is 4.39. The molecule has 2 atom stereocenters. The topological polar surface area (TPSA) is 47.4 Å². The molecule has 2 aliphatic rings. The van der Waals surface area contributed by atoms with Crippen LogP contribution < -0.4 is 4.74 Å². The molecule has 3 heterocycles. The maximum absolute atomic E-state index is 13.4. The lowest BCUT2D eigenvalue weighted by Gasteiger charge is -2.24. The largest absolute Gasteiger partial charge is 0.434 e. The summed E-state index contributed by atoms with van der Waals surface area (Å²) in [4.78, 5) is 18.8. The number of carbonyl (C=O) groups excluding carboxylic acids is 1. The second-order valence-corrected chi connectivity index (χ2v) is 7.28. The van der Waals surface area contributed by atoms with Gasteiger partial charge in [-0.1, -0.05) is 17.9 Å². The Morgan fingerprint density at radius 1 is 1.37 bits per heavy atom. The first kappa shape index (κ1) is 15.7. The third-order valence-electron chi connectivity index (χ3n) is 5.45. The molecule has 2 bridgehead atoms. The van der Waals surface area contributed by atoms with Crippen LogP contribution in [0.5, 0.6) is 5.75 Å². The summed E-state index contributed by atoms with van der Waals surface area (Å²) >= 11 is 5.66. The molecule has 5 rings (SSSR count). The summed E-state index contributed by atoms with van der Waals surface area (Å²) in [5, 5.41) is 0. The van der Waals surface area contributed by atoms with Crippen molar-refractivity contribution >= 4 is 28.5 Å². The summed E-state index contributed by atoms with van der Waals surface area (Å²) in [5.74, 6) is 5.31. The Morgan fingerprint density at radius 3 is 3.00 bits per heavy atom. The lowest BCUT2D eigenvalue weighted by atomic mass is 9.97. The van der Waals surface area contributed by atoms with E-state index < -0.39 is 31.6 Å². The van der Waals surface area contributed by atoms with E-state index >= 15 is 0 Å². The van der Waals surface area contributed by atoms with Gasteiger partial charge in [-0.3, -0.25) is 4.79 Å². The van der Waals surface area contributed by atoms with Crippen molar-refractivity contribution in [3.05, 3.63) is 58.9 Å². The van der Waals surface area contributed by atoms with Gasteiger partial charge in [0.05, 0.1) is 29.0 Å². The molecular weight excluding hydrogens is 412 g/mol. The molecule has 152 valence electrons. The van der Waals surface area contributed by atoms with E-state index in [1.807, 2.05) is 0 Å². The predicted octanol–water partition coefficient (Wildman–Crippen LogP) is 4.35. The van der Waals surface area contributed by atoms with Crippen LogP contribution in [0.15, 0.2) is 36.4 Å². The number of ether oxygens (including phenoxy) is 1. The molecule has 0 spiro atoms. The third-order valence-corrected chi connectivity index (χ3v) is 5.58. The number of halogens is 3. The van der Waals surface area contributed by atoms with Gasteiger partial charge in [0.1, 0.15) is 11.6 Å². The Kier molecular flexibility index (Phi) is 3.66. The first-order chi connectivity index (χ1) is 15.7. The average Bonchev–Trinajstić information content (AvgIpc) is 3.24. The van der Waals surface area contributed by atoms with Crippen molar-refractivity contribution in [2.24, 2.45) is 0 Å². The van der Waals surface area contributed by atoms with Crippen LogP contribution >= 0.6 is 11.6 Å². The molecule has 0 N–H and O–H groups in total. The highest BCUT2D eigenvalue weighted by atomic mass is 35.5. The summed E-state index contributed by atoms with van der Waals surface area (Å²) < 4.78 is 57.0. The van der Waals surface area contributed by atoms with E-state index in [9.17, 15) is 13.6 Å². The number of benzene rings is 2. The molecular formula is C22H16ClF2N3O2. The highest BCUT2D eigenvalue weighted by Crippen LogP contribution is 2.49. The van der Waals surface area contributed by atoms with Gasteiger partial charge in [0.25, 0.3) is 5.91 Å². The Morgan fingerprint density at radius 2 is 2.23 bits per heavy atom. The number of imidazole rings is 1. The van der Waals surface area contributed by atoms with Crippen molar-refractivity contribution in [2.75, 3.05) is 12.9 Å². The van der Waals surface area contributed by atoms with Crippen LogP contribution in [0, 0.1) is 11.8 Å². The monoisotopic (exact) mass is 430 g/mol. The SMILES string of the molecule is [2H]C([2H])([2H])N1C(=O)c2cccc(OC(F)F)c2[C@H]2C[C@@H]1c1nc3ccc(C#CCCl)cc3n12. The minimum Gasteiger partial charge on any atom is -0.434 e. The number of amides is 1. The van der Waals surface area contributed by atoms with Crippen molar-refractivity contribution in [1.29, 1.82) is 0 Å². The number of aromatic nitrogens is 2. The summed E-state index contributed by atoms with van der Waals surface area (Å²) in [7, 11) is 0. The Bertz CT molecular complexity index is 1350. The molecule has 1 aromatic heterocycles. The Balaban J connectivity index is 1.81. The number of nitrogens with zero attached hydrogens (tertiary/aromatic N) is 3. The number of fused-ring (bicyclic) bond motifs is 9. The summed E-state index contributed by atoms with van der Waals surface area (Å²) in [5.41, 5.74) is 2.13. The van der Waals surface area contributed by atoms with Crippen LogP contribution in [-0.4, -0.2) is 39.8 Å². The van der Waals surface area contributed by atoms with Crippen molar-refractivity contribution in [3.63, 3.8) is 0 Å². The van der Waals surface area contributed by atoms with Crippen molar-refractivity contribution in [1.82, 2.24) is 14.5 Å². The zero-order chi connectivity index (χ0) is 23.5. The second kappa shape index (κ2) is 6.99. The molecule has 0 radical (unpaired) electrons. The van der Waals surface area contributed by atoms with Gasteiger partial charge in [0.2, 0.25) is 0 Å². The van der Waals surface area contributed by atoms with E-state index in [0.717, 1.165) is 4.90 Å². The molecule has 30 heavy (non-hydrogen) atoms. The van der Waals surface area contributed by atoms with E-state index in [4.69, 9.17) is 20.5 Å². The smallest absolute Gasteiger partial charge is 0.387 e. The fourth-order valence-electron chi connectivity index (χ4n) is 4.32. The first-order valence-electron chi connectivity index (χ1n) is 10.7. The van der Waals surface area contributed by atoms with E-state index in [1.165, 1.54) is 18.2 Å². The van der Waals surface area contributed by atoms with Crippen LogP contribution in [0.2, 0.25) is 0 Å². The summed E-state index contributed by atoms with van der Waals surface area (Å²) in [6.45, 7) is -5.88. The van der Waals surface area contributed by atoms with E-state index in [2.05, 4.69) is 16.8 Å². The van der Waals surface area contributed by atoms with Crippen LogP contribution in [0.4, 0.5) is 8.78 Å².